The van der Waals surface area contributed by atoms with Crippen LogP contribution in [0.1, 0.15) is 49.9 Å². The van der Waals surface area contributed by atoms with Crippen LogP contribution in [0.4, 0.5) is 0 Å². The van der Waals surface area contributed by atoms with Crippen LogP contribution in [0, 0.1) is 0 Å². The molecule has 12 aromatic rings. The second-order valence-electron chi connectivity index (χ2n) is 19.7. The van der Waals surface area contributed by atoms with E-state index in [2.05, 4.69) is 202 Å². The molecule has 14 rings (SSSR count). The number of halogens is 4. The van der Waals surface area contributed by atoms with Crippen LogP contribution < -0.4 is 0 Å². The largest absolute Gasteiger partial charge is 0.227 e. The van der Waals surface area contributed by atoms with E-state index in [4.69, 9.17) is 39.8 Å². The van der Waals surface area contributed by atoms with Crippen molar-refractivity contribution in [1.29, 1.82) is 0 Å². The highest BCUT2D eigenvalue weighted by molar-refractivity contribution is 9.10. The van der Waals surface area contributed by atoms with Gasteiger partial charge >= 0.3 is 0 Å². The number of rotatable bonds is 3. The molecule has 0 fully saturated rings. The van der Waals surface area contributed by atoms with Gasteiger partial charge in [0, 0.05) is 32.0 Å². The Hall–Kier alpha value is -7.39. The third-order valence-corrected chi connectivity index (χ3v) is 15.6. The third-order valence-electron chi connectivity index (χ3n) is 14.6. The Labute approximate surface area is 452 Å². The van der Waals surface area contributed by atoms with Gasteiger partial charge in [0.05, 0.1) is 0 Å². The molecule has 2 aromatic heterocycles. The fourth-order valence-electron chi connectivity index (χ4n) is 10.8. The molecule has 0 aliphatic heterocycles. The highest BCUT2D eigenvalue weighted by Crippen LogP contribution is 2.53. The highest BCUT2D eigenvalue weighted by atomic mass is 79.9. The van der Waals surface area contributed by atoms with Crippen molar-refractivity contribution in [3.8, 4) is 56.4 Å². The average Bonchev–Trinajstić information content (AvgIpc) is 3.81. The van der Waals surface area contributed by atoms with E-state index in [-0.39, 0.29) is 26.7 Å². The lowest BCUT2D eigenvalue weighted by Gasteiger charge is -2.22. The summed E-state index contributed by atoms with van der Waals surface area (Å²) in [5.41, 5.74) is 13.5. The maximum atomic E-state index is 6.42. The first-order chi connectivity index (χ1) is 35.8. The second kappa shape index (κ2) is 18.8. The van der Waals surface area contributed by atoms with Gasteiger partial charge in [-0.05, 0) is 153 Å². The summed E-state index contributed by atoms with van der Waals surface area (Å²) in [6.45, 7) is 9.21. The lowest BCUT2D eigenvalue weighted by atomic mass is 9.81. The summed E-state index contributed by atoms with van der Waals surface area (Å²) in [5, 5.41) is 10.2. The van der Waals surface area contributed by atoms with E-state index in [1.54, 1.807) is 0 Å². The SMILES string of the molecule is CC1(C)c2cc(-c3nc(Cl)nc(-c4ccc5ccccc5c4)n3)ccc2-c2c1ccc1ccccc21.CC1(C)c2cc(Br)ccc2-c2c1ccc1ccccc21.Clc1nc(Cl)nc(-c2ccc3ccccc3c2)n1. The molecule has 10 heteroatoms. The van der Waals surface area contributed by atoms with Crippen molar-refractivity contribution in [2.45, 2.75) is 38.5 Å². The predicted molar refractivity (Wildman–Crippen MR) is 310 cm³/mol. The van der Waals surface area contributed by atoms with Crippen molar-refractivity contribution in [2.24, 2.45) is 0 Å². The van der Waals surface area contributed by atoms with Gasteiger partial charge in [-0.25, -0.2) is 4.98 Å². The first-order valence-corrected chi connectivity index (χ1v) is 26.2. The summed E-state index contributed by atoms with van der Waals surface area (Å²) in [6, 6.07) is 68.0. The van der Waals surface area contributed by atoms with Crippen LogP contribution in [-0.4, -0.2) is 29.9 Å². The van der Waals surface area contributed by atoms with Gasteiger partial charge in [-0.1, -0.05) is 207 Å². The molecule has 0 unspecified atom stereocenters. The van der Waals surface area contributed by atoms with Crippen molar-refractivity contribution in [2.75, 3.05) is 0 Å². The van der Waals surface area contributed by atoms with Crippen LogP contribution >= 0.6 is 50.7 Å². The standard InChI is InChI=1S/C32H22ClN3.C19H15Br.C13H7Cl2N3/c1-32(2)26-16-14-20-8-5-6-10-24(20)28(26)25-15-13-23(18-27(25)32)30-34-29(35-31(33)36-30)22-12-11-19-7-3-4-9-21(19)17-22;1-19(2)16-10-7-12-5-3-4-6-14(12)18(16)15-9-8-13(20)11-17(15)19;14-12-16-11(17-13(15)18-12)10-6-5-8-3-1-2-4-9(8)7-10/h3-18H,1-2H3;3-11H,1-2H3;1-7H. The molecule has 10 aromatic carbocycles. The number of benzene rings is 10. The van der Waals surface area contributed by atoms with Gasteiger partial charge < -0.3 is 0 Å². The topological polar surface area (TPSA) is 77.3 Å². The van der Waals surface area contributed by atoms with Crippen molar-refractivity contribution in [1.82, 2.24) is 29.9 Å². The van der Waals surface area contributed by atoms with Gasteiger partial charge in [-0.2, -0.15) is 24.9 Å². The van der Waals surface area contributed by atoms with Gasteiger partial charge in [0.25, 0.3) is 0 Å². The molecular formula is C64H44BrCl3N6. The summed E-state index contributed by atoms with van der Waals surface area (Å²) < 4.78 is 1.15. The molecule has 0 saturated heterocycles. The molecular weight excluding hydrogens is 1040 g/mol. The molecule has 2 heterocycles. The number of fused-ring (bicyclic) bond motifs is 12. The normalized spacial score (nSPS) is 13.4. The maximum Gasteiger partial charge on any atom is 0.227 e. The zero-order chi connectivity index (χ0) is 50.9. The van der Waals surface area contributed by atoms with Gasteiger partial charge in [0.2, 0.25) is 15.9 Å². The van der Waals surface area contributed by atoms with Crippen molar-refractivity contribution >= 4 is 93.8 Å². The second-order valence-corrected chi connectivity index (χ2v) is 21.6. The Kier molecular flexibility index (Phi) is 12.1. The zero-order valence-corrected chi connectivity index (χ0v) is 44.5. The van der Waals surface area contributed by atoms with E-state index >= 15 is 0 Å². The maximum absolute atomic E-state index is 6.42. The van der Waals surface area contributed by atoms with Crippen LogP contribution in [0.3, 0.4) is 0 Å². The number of nitrogens with zero attached hydrogens (tertiary/aromatic N) is 6. The average molecular weight is 1080 g/mol. The minimum absolute atomic E-state index is 0.0679. The Balaban J connectivity index is 0.000000123. The summed E-state index contributed by atoms with van der Waals surface area (Å²) >= 11 is 21.6. The van der Waals surface area contributed by atoms with Crippen LogP contribution in [0.15, 0.2) is 199 Å². The van der Waals surface area contributed by atoms with Crippen LogP contribution in [0.25, 0.3) is 99.5 Å². The summed E-state index contributed by atoms with van der Waals surface area (Å²) in [5.74, 6) is 1.63. The molecule has 0 bridgehead atoms. The smallest absolute Gasteiger partial charge is 0.208 e. The first-order valence-electron chi connectivity index (χ1n) is 24.3. The van der Waals surface area contributed by atoms with Gasteiger partial charge in [0.1, 0.15) is 0 Å². The molecule has 0 spiro atoms. The third kappa shape index (κ3) is 8.57. The van der Waals surface area contributed by atoms with Crippen LogP contribution in [-0.2, 0) is 10.8 Å². The molecule has 0 N–H and O–H groups in total. The van der Waals surface area contributed by atoms with Crippen molar-refractivity contribution < 1.29 is 0 Å². The van der Waals surface area contributed by atoms with E-state index in [1.165, 1.54) is 71.4 Å². The van der Waals surface area contributed by atoms with Crippen LogP contribution in [0.2, 0.25) is 15.9 Å². The Morgan fingerprint density at radius 3 is 1.19 bits per heavy atom. The predicted octanol–water partition coefficient (Wildman–Crippen LogP) is 18.4. The van der Waals surface area contributed by atoms with Crippen molar-refractivity contribution in [3.63, 3.8) is 0 Å². The lowest BCUT2D eigenvalue weighted by molar-refractivity contribution is 0.660. The molecule has 0 amide bonds. The van der Waals surface area contributed by atoms with E-state index in [0.717, 1.165) is 37.3 Å². The fraction of sp³-hybridized carbons (Fsp3) is 0.0938. The minimum atomic E-state index is -0.136. The lowest BCUT2D eigenvalue weighted by Crippen LogP contribution is -2.15. The number of hydrogen-bond acceptors (Lipinski definition) is 6. The zero-order valence-electron chi connectivity index (χ0n) is 40.7. The Morgan fingerprint density at radius 1 is 0.324 bits per heavy atom. The minimum Gasteiger partial charge on any atom is -0.208 e. The summed E-state index contributed by atoms with van der Waals surface area (Å²) in [6.07, 6.45) is 0. The van der Waals surface area contributed by atoms with Gasteiger partial charge in [-0.15, -0.1) is 0 Å². The molecule has 2 aliphatic rings. The van der Waals surface area contributed by atoms with Crippen LogP contribution in [0.5, 0.6) is 0 Å². The van der Waals surface area contributed by atoms with E-state index in [0.29, 0.717) is 17.5 Å². The van der Waals surface area contributed by atoms with E-state index in [9.17, 15) is 0 Å². The van der Waals surface area contributed by atoms with Gasteiger partial charge in [0.15, 0.2) is 17.5 Å². The Bertz CT molecular complexity index is 4210. The van der Waals surface area contributed by atoms with Crippen molar-refractivity contribution in [3.05, 3.63) is 237 Å². The molecule has 0 saturated carbocycles. The molecule has 2 aliphatic carbocycles. The van der Waals surface area contributed by atoms with Gasteiger partial charge in [-0.3, -0.25) is 0 Å². The van der Waals surface area contributed by atoms with E-state index in [1.807, 2.05) is 60.7 Å². The molecule has 358 valence electrons. The highest BCUT2D eigenvalue weighted by Gasteiger charge is 2.38. The summed E-state index contributed by atoms with van der Waals surface area (Å²) in [7, 11) is 0. The molecule has 6 nitrogen and oxygen atoms in total. The number of aromatic nitrogens is 6. The number of hydrogen-bond donors (Lipinski definition) is 0. The quantitative estimate of drug-likeness (QED) is 0.175. The first kappa shape index (κ1) is 47.6. The van der Waals surface area contributed by atoms with E-state index < -0.39 is 0 Å². The molecule has 74 heavy (non-hydrogen) atoms. The summed E-state index contributed by atoms with van der Waals surface area (Å²) in [4.78, 5) is 25.7. The fourth-order valence-corrected chi connectivity index (χ4v) is 11.7. The monoisotopic (exact) mass is 1080 g/mol. The molecule has 0 radical (unpaired) electrons. The molecule has 0 atom stereocenters. The Morgan fingerprint density at radius 2 is 0.689 bits per heavy atom.